The minimum absolute atomic E-state index is 0.0852. The van der Waals surface area contributed by atoms with Crippen molar-refractivity contribution >= 4 is 5.69 Å². The van der Waals surface area contributed by atoms with Gasteiger partial charge in [-0.1, -0.05) is 48.5 Å². The molecule has 0 aromatic heterocycles. The van der Waals surface area contributed by atoms with Crippen molar-refractivity contribution in [1.29, 1.82) is 0 Å². The van der Waals surface area contributed by atoms with E-state index >= 15 is 0 Å². The van der Waals surface area contributed by atoms with Crippen molar-refractivity contribution in [1.82, 2.24) is 0 Å². The second kappa shape index (κ2) is 5.68. The Labute approximate surface area is 121 Å². The van der Waals surface area contributed by atoms with Crippen LogP contribution in [-0.2, 0) is 0 Å². The number of anilines is 1. The summed E-state index contributed by atoms with van der Waals surface area (Å²) in [7, 11) is 0. The molecule has 1 aliphatic heterocycles. The predicted molar refractivity (Wildman–Crippen MR) is 85.1 cm³/mol. The van der Waals surface area contributed by atoms with Crippen LogP contribution in [0.15, 0.2) is 54.6 Å². The van der Waals surface area contributed by atoms with E-state index in [2.05, 4.69) is 66.4 Å². The molecule has 1 aliphatic rings. The molecule has 1 heterocycles. The number of nitrogens with two attached hydrogens (primary N) is 1. The van der Waals surface area contributed by atoms with Crippen molar-refractivity contribution < 1.29 is 0 Å². The van der Waals surface area contributed by atoms with E-state index < -0.39 is 0 Å². The smallest absolute Gasteiger partial charge is 0.0414 e. The van der Waals surface area contributed by atoms with E-state index in [1.165, 1.54) is 23.2 Å². The lowest BCUT2D eigenvalue weighted by Crippen LogP contribution is -2.22. The Morgan fingerprint density at radius 1 is 1.05 bits per heavy atom. The van der Waals surface area contributed by atoms with Crippen LogP contribution in [0.3, 0.4) is 0 Å². The van der Waals surface area contributed by atoms with Gasteiger partial charge in [-0.15, -0.1) is 0 Å². The van der Waals surface area contributed by atoms with Crippen LogP contribution in [0.5, 0.6) is 0 Å². The minimum Gasteiger partial charge on any atom is -0.371 e. The zero-order chi connectivity index (χ0) is 13.9. The molecule has 1 saturated heterocycles. The van der Waals surface area contributed by atoms with Gasteiger partial charge in [0, 0.05) is 30.7 Å². The number of para-hydroxylation sites is 1. The van der Waals surface area contributed by atoms with E-state index in [0.29, 0.717) is 5.92 Å². The fourth-order valence-corrected chi connectivity index (χ4v) is 3.14. The minimum atomic E-state index is 0.0852. The van der Waals surface area contributed by atoms with Crippen molar-refractivity contribution in [2.75, 3.05) is 18.0 Å². The fraction of sp³-hybridized carbons (Fsp3) is 0.333. The van der Waals surface area contributed by atoms with E-state index in [0.717, 1.165) is 13.1 Å². The van der Waals surface area contributed by atoms with Gasteiger partial charge < -0.3 is 10.6 Å². The zero-order valence-electron chi connectivity index (χ0n) is 12.0. The lowest BCUT2D eigenvalue weighted by Gasteiger charge is -2.23. The van der Waals surface area contributed by atoms with Crippen LogP contribution in [-0.4, -0.2) is 13.1 Å². The van der Waals surface area contributed by atoms with Gasteiger partial charge in [0.25, 0.3) is 0 Å². The Kier molecular flexibility index (Phi) is 3.75. The summed E-state index contributed by atoms with van der Waals surface area (Å²) < 4.78 is 0. The Balaban J connectivity index is 1.81. The average Bonchev–Trinajstić information content (AvgIpc) is 2.98. The first kappa shape index (κ1) is 13.2. The van der Waals surface area contributed by atoms with Crippen LogP contribution >= 0.6 is 0 Å². The standard InChI is InChI=1S/C18H22N2/c1-14(19)17-9-5-6-10-18(17)20-12-11-16(13-20)15-7-3-2-4-8-15/h2-10,14,16H,11-13,19H2,1H3/t14-,16?/m1/s1. The third-order valence-electron chi connectivity index (χ3n) is 4.23. The molecule has 104 valence electrons. The van der Waals surface area contributed by atoms with Gasteiger partial charge in [-0.2, -0.15) is 0 Å². The van der Waals surface area contributed by atoms with Gasteiger partial charge in [0.05, 0.1) is 0 Å². The third kappa shape index (κ3) is 2.56. The van der Waals surface area contributed by atoms with Crippen LogP contribution in [0.25, 0.3) is 0 Å². The maximum absolute atomic E-state index is 6.10. The monoisotopic (exact) mass is 266 g/mol. The highest BCUT2D eigenvalue weighted by Gasteiger charge is 2.25. The van der Waals surface area contributed by atoms with Crippen LogP contribution in [0.1, 0.15) is 36.4 Å². The van der Waals surface area contributed by atoms with Crippen LogP contribution < -0.4 is 10.6 Å². The Morgan fingerprint density at radius 2 is 1.75 bits per heavy atom. The molecule has 0 saturated carbocycles. The average molecular weight is 266 g/mol. The van der Waals surface area contributed by atoms with Crippen LogP contribution in [0, 0.1) is 0 Å². The molecule has 1 unspecified atom stereocenters. The molecule has 2 atom stereocenters. The summed E-state index contributed by atoms with van der Waals surface area (Å²) in [6.07, 6.45) is 1.22. The van der Waals surface area contributed by atoms with E-state index in [1.54, 1.807) is 0 Å². The first-order valence-electron chi connectivity index (χ1n) is 7.40. The number of rotatable bonds is 3. The number of benzene rings is 2. The van der Waals surface area contributed by atoms with Gasteiger partial charge in [-0.05, 0) is 30.5 Å². The largest absolute Gasteiger partial charge is 0.371 e. The zero-order valence-corrected chi connectivity index (χ0v) is 12.0. The van der Waals surface area contributed by atoms with Crippen molar-refractivity contribution in [3.8, 4) is 0 Å². The quantitative estimate of drug-likeness (QED) is 0.918. The summed E-state index contributed by atoms with van der Waals surface area (Å²) in [6.45, 7) is 4.26. The second-order valence-electron chi connectivity index (χ2n) is 5.69. The highest BCUT2D eigenvalue weighted by Crippen LogP contribution is 2.33. The van der Waals surface area contributed by atoms with Gasteiger partial charge in [0.2, 0.25) is 0 Å². The van der Waals surface area contributed by atoms with Crippen molar-refractivity contribution in [2.45, 2.75) is 25.3 Å². The van der Waals surface area contributed by atoms with Gasteiger partial charge in [-0.3, -0.25) is 0 Å². The summed E-state index contributed by atoms with van der Waals surface area (Å²) in [5.74, 6) is 0.636. The fourth-order valence-electron chi connectivity index (χ4n) is 3.14. The number of nitrogens with zero attached hydrogens (tertiary/aromatic N) is 1. The maximum atomic E-state index is 6.10. The topological polar surface area (TPSA) is 29.3 Å². The first-order valence-corrected chi connectivity index (χ1v) is 7.40. The highest BCUT2D eigenvalue weighted by atomic mass is 15.2. The molecular weight excluding hydrogens is 244 g/mol. The normalized spacial score (nSPS) is 20.1. The lowest BCUT2D eigenvalue weighted by molar-refractivity contribution is 0.772. The van der Waals surface area contributed by atoms with Crippen LogP contribution in [0.2, 0.25) is 0 Å². The molecule has 0 aliphatic carbocycles. The predicted octanol–water partition coefficient (Wildman–Crippen LogP) is 3.70. The summed E-state index contributed by atoms with van der Waals surface area (Å²) in [5, 5.41) is 0. The third-order valence-corrected chi connectivity index (χ3v) is 4.23. The molecule has 20 heavy (non-hydrogen) atoms. The molecular formula is C18H22N2. The first-order chi connectivity index (χ1) is 9.75. The lowest BCUT2D eigenvalue weighted by atomic mass is 9.99. The van der Waals surface area contributed by atoms with Crippen molar-refractivity contribution in [3.63, 3.8) is 0 Å². The van der Waals surface area contributed by atoms with Crippen molar-refractivity contribution in [2.24, 2.45) is 5.73 Å². The van der Waals surface area contributed by atoms with Gasteiger partial charge in [-0.25, -0.2) is 0 Å². The Morgan fingerprint density at radius 3 is 2.50 bits per heavy atom. The van der Waals surface area contributed by atoms with Gasteiger partial charge in [0.1, 0.15) is 0 Å². The molecule has 2 aromatic carbocycles. The molecule has 0 spiro atoms. The summed E-state index contributed by atoms with van der Waals surface area (Å²) in [5.41, 5.74) is 10.1. The molecule has 0 bridgehead atoms. The van der Waals surface area contributed by atoms with Crippen molar-refractivity contribution in [3.05, 3.63) is 65.7 Å². The summed E-state index contributed by atoms with van der Waals surface area (Å²) >= 11 is 0. The summed E-state index contributed by atoms with van der Waals surface area (Å²) in [6, 6.07) is 19.5. The van der Waals surface area contributed by atoms with E-state index in [4.69, 9.17) is 5.73 Å². The van der Waals surface area contributed by atoms with E-state index in [-0.39, 0.29) is 6.04 Å². The van der Waals surface area contributed by atoms with E-state index in [1.807, 2.05) is 0 Å². The molecule has 1 fully saturated rings. The molecule has 2 N–H and O–H groups in total. The Hall–Kier alpha value is -1.80. The molecule has 0 radical (unpaired) electrons. The van der Waals surface area contributed by atoms with E-state index in [9.17, 15) is 0 Å². The van der Waals surface area contributed by atoms with Crippen LogP contribution in [0.4, 0.5) is 5.69 Å². The summed E-state index contributed by atoms with van der Waals surface area (Å²) in [4.78, 5) is 2.48. The molecule has 2 aromatic rings. The number of hydrogen-bond donors (Lipinski definition) is 1. The molecule has 3 rings (SSSR count). The molecule has 0 amide bonds. The van der Waals surface area contributed by atoms with Gasteiger partial charge >= 0.3 is 0 Å². The molecule has 2 nitrogen and oxygen atoms in total. The SMILES string of the molecule is C[C@@H](N)c1ccccc1N1CCC(c2ccccc2)C1. The second-order valence-corrected chi connectivity index (χ2v) is 5.69. The maximum Gasteiger partial charge on any atom is 0.0414 e. The number of hydrogen-bond acceptors (Lipinski definition) is 2. The highest BCUT2D eigenvalue weighted by molar-refractivity contribution is 5.56. The Bertz CT molecular complexity index is 563. The molecule has 2 heteroatoms. The van der Waals surface area contributed by atoms with Gasteiger partial charge in [0.15, 0.2) is 0 Å².